The maximum atomic E-state index is 12.1. The summed E-state index contributed by atoms with van der Waals surface area (Å²) in [5, 5.41) is 9.37. The largest absolute Gasteiger partial charge is 0.481 e. The summed E-state index contributed by atoms with van der Waals surface area (Å²) in [7, 11) is 0. The fourth-order valence-corrected chi connectivity index (χ4v) is 2.32. The lowest BCUT2D eigenvalue weighted by atomic mass is 10.2. The third-order valence-corrected chi connectivity index (χ3v) is 3.35. The number of hydrogen-bond acceptors (Lipinski definition) is 3. The van der Waals surface area contributed by atoms with E-state index in [9.17, 15) is 9.59 Å². The van der Waals surface area contributed by atoms with Gasteiger partial charge >= 0.3 is 5.97 Å². The van der Waals surface area contributed by atoms with E-state index in [0.717, 1.165) is 5.56 Å². The molecule has 1 aliphatic heterocycles. The Balaban J connectivity index is 1.94. The number of carboxylic acid groups (broad SMARTS) is 1. The normalized spacial score (nSPS) is 18.9. The molecule has 0 saturated carbocycles. The Hall–Kier alpha value is -1.85. The molecule has 1 aliphatic rings. The number of benzene rings is 1. The van der Waals surface area contributed by atoms with Crippen molar-refractivity contribution in [2.75, 3.05) is 19.7 Å². The summed E-state index contributed by atoms with van der Waals surface area (Å²) in [6.45, 7) is 1.12. The fraction of sp³-hybridized carbons (Fsp3) is 0.333. The van der Waals surface area contributed by atoms with Crippen LogP contribution in [-0.4, -0.2) is 47.7 Å². The zero-order chi connectivity index (χ0) is 15.2. The number of carbonyl (C=O) groups excluding carboxylic acids is 1. The number of nitrogens with zero attached hydrogens (tertiary/aromatic N) is 1. The number of aliphatic carboxylic acids is 1. The van der Waals surface area contributed by atoms with Crippen molar-refractivity contribution < 1.29 is 19.4 Å². The molecule has 1 atom stereocenters. The van der Waals surface area contributed by atoms with Gasteiger partial charge in [-0.15, -0.1) is 0 Å². The van der Waals surface area contributed by atoms with Gasteiger partial charge in [-0.2, -0.15) is 0 Å². The van der Waals surface area contributed by atoms with Crippen LogP contribution in [0.25, 0.3) is 6.08 Å². The average Bonchev–Trinajstić information content (AvgIpc) is 2.44. The molecule has 112 valence electrons. The molecule has 1 fully saturated rings. The molecule has 1 saturated heterocycles. The van der Waals surface area contributed by atoms with Crippen LogP contribution in [0.1, 0.15) is 12.0 Å². The lowest BCUT2D eigenvalue weighted by Gasteiger charge is -2.31. The van der Waals surface area contributed by atoms with Crippen molar-refractivity contribution in [3.8, 4) is 0 Å². The van der Waals surface area contributed by atoms with Crippen molar-refractivity contribution >= 4 is 29.6 Å². The van der Waals surface area contributed by atoms with Crippen LogP contribution in [0, 0.1) is 0 Å². The molecule has 6 heteroatoms. The Bertz CT molecular complexity index is 558. The molecule has 2 rings (SSSR count). The number of hydrogen-bond donors (Lipinski definition) is 1. The highest BCUT2D eigenvalue weighted by Gasteiger charge is 2.24. The van der Waals surface area contributed by atoms with Crippen LogP contribution in [0.15, 0.2) is 30.3 Å². The average molecular weight is 310 g/mol. The zero-order valence-electron chi connectivity index (χ0n) is 11.4. The van der Waals surface area contributed by atoms with Crippen LogP contribution in [0.4, 0.5) is 0 Å². The monoisotopic (exact) mass is 309 g/mol. The molecule has 1 heterocycles. The van der Waals surface area contributed by atoms with Gasteiger partial charge in [0.1, 0.15) is 0 Å². The van der Waals surface area contributed by atoms with E-state index in [2.05, 4.69) is 0 Å². The zero-order valence-corrected chi connectivity index (χ0v) is 12.1. The van der Waals surface area contributed by atoms with Gasteiger partial charge in [-0.05, 0) is 23.8 Å². The smallest absolute Gasteiger partial charge is 0.306 e. The van der Waals surface area contributed by atoms with E-state index in [1.165, 1.54) is 6.08 Å². The second-order valence-corrected chi connectivity index (χ2v) is 5.20. The van der Waals surface area contributed by atoms with Crippen LogP contribution in [0.3, 0.4) is 0 Å². The van der Waals surface area contributed by atoms with Gasteiger partial charge in [-0.1, -0.05) is 23.7 Å². The first-order chi connectivity index (χ1) is 10.0. The van der Waals surface area contributed by atoms with Gasteiger partial charge in [0.05, 0.1) is 19.1 Å². The summed E-state index contributed by atoms with van der Waals surface area (Å²) in [6, 6.07) is 7.18. The summed E-state index contributed by atoms with van der Waals surface area (Å²) in [6.07, 6.45) is 2.62. The maximum Gasteiger partial charge on any atom is 0.306 e. The van der Waals surface area contributed by atoms with Crippen molar-refractivity contribution in [2.45, 2.75) is 12.5 Å². The van der Waals surface area contributed by atoms with Crippen molar-refractivity contribution in [3.05, 3.63) is 40.9 Å². The van der Waals surface area contributed by atoms with E-state index in [1.54, 1.807) is 23.1 Å². The molecule has 1 amide bonds. The topological polar surface area (TPSA) is 66.8 Å². The Labute approximate surface area is 127 Å². The molecular weight excluding hydrogens is 294 g/mol. The van der Waals surface area contributed by atoms with E-state index in [1.807, 2.05) is 12.1 Å². The summed E-state index contributed by atoms with van der Waals surface area (Å²) < 4.78 is 5.33. The van der Waals surface area contributed by atoms with E-state index in [0.29, 0.717) is 24.7 Å². The van der Waals surface area contributed by atoms with Gasteiger partial charge in [-0.3, -0.25) is 9.59 Å². The molecule has 0 spiro atoms. The molecule has 1 aromatic carbocycles. The number of ether oxygens (including phenoxy) is 1. The Morgan fingerprint density at radius 1 is 1.48 bits per heavy atom. The highest BCUT2D eigenvalue weighted by atomic mass is 35.5. The van der Waals surface area contributed by atoms with Crippen LogP contribution in [-0.2, 0) is 14.3 Å². The van der Waals surface area contributed by atoms with Crippen LogP contribution in [0.5, 0.6) is 0 Å². The maximum absolute atomic E-state index is 12.1. The minimum absolute atomic E-state index is 0.0954. The minimum atomic E-state index is -0.927. The SMILES string of the molecule is O=C(O)CC1CN(C(=O)C=Cc2cccc(Cl)c2)CCO1. The molecule has 1 N–H and O–H groups in total. The summed E-state index contributed by atoms with van der Waals surface area (Å²) >= 11 is 5.88. The third kappa shape index (κ3) is 4.88. The molecule has 0 bridgehead atoms. The number of halogens is 1. The van der Waals surface area contributed by atoms with Gasteiger partial charge in [0.15, 0.2) is 0 Å². The van der Waals surface area contributed by atoms with Crippen LogP contribution in [0.2, 0.25) is 5.02 Å². The Kier molecular flexibility index (Phi) is 5.36. The van der Waals surface area contributed by atoms with E-state index < -0.39 is 12.1 Å². The van der Waals surface area contributed by atoms with Gasteiger partial charge in [0.25, 0.3) is 0 Å². The van der Waals surface area contributed by atoms with Gasteiger partial charge in [0.2, 0.25) is 5.91 Å². The number of amides is 1. The summed E-state index contributed by atoms with van der Waals surface area (Å²) in [5.41, 5.74) is 0.839. The number of carboxylic acids is 1. The molecule has 0 aliphatic carbocycles. The Morgan fingerprint density at radius 2 is 2.29 bits per heavy atom. The predicted octanol–water partition coefficient (Wildman–Crippen LogP) is 2.06. The molecule has 1 aromatic rings. The van der Waals surface area contributed by atoms with E-state index in [4.69, 9.17) is 21.4 Å². The standard InChI is InChI=1S/C15H16ClNO4/c16-12-3-1-2-11(8-12)4-5-14(18)17-6-7-21-13(10-17)9-15(19)20/h1-5,8,13H,6-7,9-10H2,(H,19,20). The highest BCUT2D eigenvalue weighted by Crippen LogP contribution is 2.13. The van der Waals surface area contributed by atoms with Gasteiger partial charge < -0.3 is 14.7 Å². The lowest BCUT2D eigenvalue weighted by Crippen LogP contribution is -2.45. The molecule has 1 unspecified atom stereocenters. The van der Waals surface area contributed by atoms with E-state index >= 15 is 0 Å². The molecular formula is C15H16ClNO4. The molecule has 5 nitrogen and oxygen atoms in total. The first kappa shape index (κ1) is 15.5. The number of morpholine rings is 1. The second-order valence-electron chi connectivity index (χ2n) is 4.76. The highest BCUT2D eigenvalue weighted by molar-refractivity contribution is 6.30. The van der Waals surface area contributed by atoms with Gasteiger partial charge in [-0.25, -0.2) is 0 Å². The summed E-state index contributed by atoms with van der Waals surface area (Å²) in [4.78, 5) is 24.4. The fourth-order valence-electron chi connectivity index (χ4n) is 2.12. The van der Waals surface area contributed by atoms with Crippen LogP contribution < -0.4 is 0 Å². The Morgan fingerprint density at radius 3 is 3.00 bits per heavy atom. The van der Waals surface area contributed by atoms with Crippen molar-refractivity contribution in [3.63, 3.8) is 0 Å². The first-order valence-electron chi connectivity index (χ1n) is 6.60. The molecule has 21 heavy (non-hydrogen) atoms. The third-order valence-electron chi connectivity index (χ3n) is 3.12. The minimum Gasteiger partial charge on any atom is -0.481 e. The molecule has 0 radical (unpaired) electrons. The van der Waals surface area contributed by atoms with Crippen LogP contribution >= 0.6 is 11.6 Å². The lowest BCUT2D eigenvalue weighted by molar-refractivity contribution is -0.145. The molecule has 0 aromatic heterocycles. The van der Waals surface area contributed by atoms with Gasteiger partial charge in [0, 0.05) is 24.2 Å². The quantitative estimate of drug-likeness (QED) is 0.865. The van der Waals surface area contributed by atoms with Crippen molar-refractivity contribution in [1.82, 2.24) is 4.90 Å². The second kappa shape index (κ2) is 7.24. The summed E-state index contributed by atoms with van der Waals surface area (Å²) in [5.74, 6) is -1.09. The number of rotatable bonds is 4. The van der Waals surface area contributed by atoms with Crippen molar-refractivity contribution in [2.24, 2.45) is 0 Å². The van der Waals surface area contributed by atoms with E-state index in [-0.39, 0.29) is 12.3 Å². The first-order valence-corrected chi connectivity index (χ1v) is 6.98. The number of carbonyl (C=O) groups is 2. The van der Waals surface area contributed by atoms with Crippen molar-refractivity contribution in [1.29, 1.82) is 0 Å². The predicted molar refractivity (Wildman–Crippen MR) is 79.1 cm³/mol.